The number of nitrogens with zero attached hydrogens (tertiary/aromatic N) is 6. The highest BCUT2D eigenvalue weighted by molar-refractivity contribution is 5.80. The van der Waals surface area contributed by atoms with E-state index in [9.17, 15) is 0 Å². The molecule has 1 aromatic rings. The smallest absolute Gasteiger partial charge is 0.191 e. The molecule has 2 N–H and O–H groups in total. The summed E-state index contributed by atoms with van der Waals surface area (Å²) in [6.45, 7) is 14.2. The molecule has 31 heavy (non-hydrogen) atoms. The van der Waals surface area contributed by atoms with Crippen LogP contribution in [0.25, 0.3) is 0 Å². The fourth-order valence-electron chi connectivity index (χ4n) is 4.10. The fraction of sp³-hybridized carbons (Fsp3) is 0.864. The largest absolute Gasteiger partial charge is 0.379 e. The zero-order valence-electron chi connectivity index (χ0n) is 19.8. The molecule has 2 aliphatic heterocycles. The van der Waals surface area contributed by atoms with E-state index in [1.54, 1.807) is 0 Å². The minimum Gasteiger partial charge on any atom is -0.379 e. The third kappa shape index (κ3) is 8.05. The number of rotatable bonds is 10. The molecular formula is C22H42N8O. The summed E-state index contributed by atoms with van der Waals surface area (Å²) >= 11 is 0. The van der Waals surface area contributed by atoms with Crippen LogP contribution < -0.4 is 10.6 Å². The molecule has 0 bridgehead atoms. The van der Waals surface area contributed by atoms with Crippen LogP contribution in [-0.2, 0) is 18.3 Å². The van der Waals surface area contributed by atoms with Crippen molar-refractivity contribution in [2.24, 2.45) is 12.0 Å². The van der Waals surface area contributed by atoms with E-state index < -0.39 is 0 Å². The number of hydrogen-bond donors (Lipinski definition) is 2. The lowest BCUT2D eigenvalue weighted by Gasteiger charge is -2.33. The molecule has 0 amide bonds. The highest BCUT2D eigenvalue weighted by Crippen LogP contribution is 2.11. The van der Waals surface area contributed by atoms with Crippen molar-refractivity contribution in [3.8, 4) is 0 Å². The Morgan fingerprint density at radius 2 is 1.77 bits per heavy atom. The van der Waals surface area contributed by atoms with Gasteiger partial charge in [0.05, 0.1) is 13.2 Å². The van der Waals surface area contributed by atoms with Crippen molar-refractivity contribution >= 4 is 5.96 Å². The van der Waals surface area contributed by atoms with Crippen LogP contribution in [0.1, 0.15) is 50.7 Å². The standard InChI is InChI=1S/C22H42N8O/c1-4-5-10-29-12-7-20(8-13-29)25-22(24-18-21-27-26-19(2)28(21)3)23-9-6-11-30-14-16-31-17-15-30/h20H,4-18H2,1-3H3,(H2,23,24,25). The molecule has 0 saturated carbocycles. The molecule has 2 aliphatic rings. The van der Waals surface area contributed by atoms with Crippen molar-refractivity contribution in [3.63, 3.8) is 0 Å². The molecule has 2 fully saturated rings. The van der Waals surface area contributed by atoms with Crippen molar-refractivity contribution in [2.45, 2.75) is 58.5 Å². The topological polar surface area (TPSA) is 82.8 Å². The van der Waals surface area contributed by atoms with Crippen LogP contribution in [0.15, 0.2) is 4.99 Å². The first-order valence-electron chi connectivity index (χ1n) is 12.1. The molecule has 0 aliphatic carbocycles. The van der Waals surface area contributed by atoms with Crippen LogP contribution in [-0.4, -0.2) is 95.6 Å². The van der Waals surface area contributed by atoms with Crippen molar-refractivity contribution in [1.29, 1.82) is 0 Å². The summed E-state index contributed by atoms with van der Waals surface area (Å²) in [5.41, 5.74) is 0. The lowest BCUT2D eigenvalue weighted by Crippen LogP contribution is -2.49. The Kier molecular flexibility index (Phi) is 10.0. The number of aryl methyl sites for hydroxylation is 1. The van der Waals surface area contributed by atoms with E-state index in [-0.39, 0.29) is 0 Å². The number of aliphatic imine (C=N–C) groups is 1. The number of hydrogen-bond acceptors (Lipinski definition) is 6. The number of nitrogens with one attached hydrogen (secondary N) is 2. The monoisotopic (exact) mass is 434 g/mol. The van der Waals surface area contributed by atoms with Gasteiger partial charge in [0.2, 0.25) is 0 Å². The maximum Gasteiger partial charge on any atom is 0.191 e. The van der Waals surface area contributed by atoms with Crippen molar-refractivity contribution in [3.05, 3.63) is 11.6 Å². The predicted octanol–water partition coefficient (Wildman–Crippen LogP) is 1.15. The van der Waals surface area contributed by atoms with Gasteiger partial charge >= 0.3 is 0 Å². The molecule has 0 radical (unpaired) electrons. The molecule has 0 spiro atoms. The Bertz CT molecular complexity index is 662. The van der Waals surface area contributed by atoms with E-state index in [0.29, 0.717) is 12.6 Å². The molecule has 176 valence electrons. The summed E-state index contributed by atoms with van der Waals surface area (Å²) in [6, 6.07) is 0.476. The molecular weight excluding hydrogens is 392 g/mol. The Morgan fingerprint density at radius 1 is 1.06 bits per heavy atom. The normalized spacial score (nSPS) is 19.6. The maximum absolute atomic E-state index is 5.44. The van der Waals surface area contributed by atoms with Gasteiger partial charge in [0, 0.05) is 45.8 Å². The van der Waals surface area contributed by atoms with E-state index in [1.807, 2.05) is 18.5 Å². The van der Waals surface area contributed by atoms with Crippen LogP contribution in [0, 0.1) is 6.92 Å². The Balaban J connectivity index is 1.48. The highest BCUT2D eigenvalue weighted by Gasteiger charge is 2.20. The first-order chi connectivity index (χ1) is 15.2. The quantitative estimate of drug-likeness (QED) is 0.325. The fourth-order valence-corrected chi connectivity index (χ4v) is 4.10. The molecule has 0 atom stereocenters. The van der Waals surface area contributed by atoms with Gasteiger partial charge in [0.1, 0.15) is 12.4 Å². The van der Waals surface area contributed by atoms with E-state index in [4.69, 9.17) is 9.73 Å². The lowest BCUT2D eigenvalue weighted by molar-refractivity contribution is 0.0376. The number of aromatic nitrogens is 3. The van der Waals surface area contributed by atoms with Gasteiger partial charge in [0.25, 0.3) is 0 Å². The predicted molar refractivity (Wildman–Crippen MR) is 124 cm³/mol. The molecule has 0 aromatic carbocycles. The van der Waals surface area contributed by atoms with Gasteiger partial charge in [-0.05, 0) is 45.7 Å². The van der Waals surface area contributed by atoms with Gasteiger partial charge in [-0.15, -0.1) is 10.2 Å². The van der Waals surface area contributed by atoms with Crippen LogP contribution in [0.5, 0.6) is 0 Å². The summed E-state index contributed by atoms with van der Waals surface area (Å²) in [5.74, 6) is 2.70. The summed E-state index contributed by atoms with van der Waals surface area (Å²) < 4.78 is 7.45. The first kappa shape index (κ1) is 23.9. The van der Waals surface area contributed by atoms with Gasteiger partial charge in [-0.25, -0.2) is 4.99 Å². The summed E-state index contributed by atoms with van der Waals surface area (Å²) in [7, 11) is 2.00. The number of ether oxygens (including phenoxy) is 1. The van der Waals surface area contributed by atoms with E-state index in [2.05, 4.69) is 37.6 Å². The second-order valence-electron chi connectivity index (χ2n) is 8.74. The maximum atomic E-state index is 5.44. The minimum absolute atomic E-state index is 0.476. The van der Waals surface area contributed by atoms with Gasteiger partial charge in [-0.1, -0.05) is 13.3 Å². The van der Waals surface area contributed by atoms with Crippen molar-refractivity contribution in [1.82, 2.24) is 35.2 Å². The third-order valence-corrected chi connectivity index (χ3v) is 6.36. The Hall–Kier alpha value is -1.71. The number of morpholine rings is 1. The van der Waals surface area contributed by atoms with Crippen LogP contribution in [0.4, 0.5) is 0 Å². The molecule has 3 rings (SSSR count). The molecule has 0 unspecified atom stereocenters. The molecule has 9 nitrogen and oxygen atoms in total. The average Bonchev–Trinajstić information content (AvgIpc) is 3.12. The zero-order valence-corrected chi connectivity index (χ0v) is 19.8. The molecule has 1 aromatic heterocycles. The van der Waals surface area contributed by atoms with Crippen LogP contribution in [0.2, 0.25) is 0 Å². The summed E-state index contributed by atoms with van der Waals surface area (Å²) in [4.78, 5) is 9.91. The number of guanidine groups is 1. The van der Waals surface area contributed by atoms with E-state index >= 15 is 0 Å². The first-order valence-corrected chi connectivity index (χ1v) is 12.1. The molecule has 3 heterocycles. The Morgan fingerprint density at radius 3 is 2.45 bits per heavy atom. The summed E-state index contributed by atoms with van der Waals surface area (Å²) in [6.07, 6.45) is 6.00. The van der Waals surface area contributed by atoms with Gasteiger partial charge in [-0.3, -0.25) is 4.90 Å². The number of likely N-dealkylation sites (tertiary alicyclic amines) is 1. The van der Waals surface area contributed by atoms with Crippen LogP contribution >= 0.6 is 0 Å². The Labute approximate surface area is 187 Å². The number of piperidine rings is 1. The van der Waals surface area contributed by atoms with Crippen LogP contribution in [0.3, 0.4) is 0 Å². The van der Waals surface area contributed by atoms with Gasteiger partial charge in [-0.2, -0.15) is 0 Å². The van der Waals surface area contributed by atoms with Gasteiger partial charge < -0.3 is 24.8 Å². The van der Waals surface area contributed by atoms with Crippen molar-refractivity contribution in [2.75, 3.05) is 59.0 Å². The molecule has 2 saturated heterocycles. The second kappa shape index (κ2) is 13.0. The summed E-state index contributed by atoms with van der Waals surface area (Å²) in [5, 5.41) is 15.7. The van der Waals surface area contributed by atoms with E-state index in [1.165, 1.54) is 45.3 Å². The average molecular weight is 435 g/mol. The highest BCUT2D eigenvalue weighted by atomic mass is 16.5. The SMILES string of the molecule is CCCCN1CCC(NC(=NCc2nnc(C)n2C)NCCCN2CCOCC2)CC1. The zero-order chi connectivity index (χ0) is 21.9. The van der Waals surface area contributed by atoms with Crippen molar-refractivity contribution < 1.29 is 4.74 Å². The van der Waals surface area contributed by atoms with Gasteiger partial charge in [0.15, 0.2) is 11.8 Å². The van der Waals surface area contributed by atoms with E-state index in [0.717, 1.165) is 63.4 Å². The second-order valence-corrected chi connectivity index (χ2v) is 8.74. The third-order valence-electron chi connectivity index (χ3n) is 6.36. The lowest BCUT2D eigenvalue weighted by atomic mass is 10.0. The molecule has 9 heteroatoms. The minimum atomic E-state index is 0.476. The number of unbranched alkanes of at least 4 members (excludes halogenated alkanes) is 1.